The number of hydroxylamine groups is 2. The van der Waals surface area contributed by atoms with Crippen molar-refractivity contribution in [2.75, 3.05) is 13.2 Å². The van der Waals surface area contributed by atoms with Crippen molar-refractivity contribution in [2.24, 2.45) is 0 Å². The van der Waals surface area contributed by atoms with Gasteiger partial charge in [0.15, 0.2) is 0 Å². The van der Waals surface area contributed by atoms with Gasteiger partial charge in [-0.3, -0.25) is 9.63 Å². The quantitative estimate of drug-likeness (QED) is 0.730. The molecule has 2 heterocycles. The number of halogens is 1. The fourth-order valence-corrected chi connectivity index (χ4v) is 1.56. The molecule has 0 aliphatic carbocycles. The number of carbonyl (C=O) groups is 1. The van der Waals surface area contributed by atoms with Crippen LogP contribution in [0.2, 0.25) is 0 Å². The highest BCUT2D eigenvalue weighted by Crippen LogP contribution is 2.10. The molecule has 1 aliphatic rings. The maximum atomic E-state index is 12.6. The standard InChI is InChI=1S/C11H13FN2O2/c12-9-4-5-10(13-8-9)11(15)14-6-2-1-3-7-16-14/h4-5,8H,1-3,6-7H2. The molecule has 0 aromatic carbocycles. The third-order valence-corrected chi connectivity index (χ3v) is 2.43. The topological polar surface area (TPSA) is 42.4 Å². The minimum absolute atomic E-state index is 0.211. The number of amides is 1. The molecule has 1 fully saturated rings. The van der Waals surface area contributed by atoms with Crippen molar-refractivity contribution in [2.45, 2.75) is 19.3 Å². The summed E-state index contributed by atoms with van der Waals surface area (Å²) in [7, 11) is 0. The fourth-order valence-electron chi connectivity index (χ4n) is 1.56. The first-order chi connectivity index (χ1) is 7.77. The van der Waals surface area contributed by atoms with E-state index in [1.165, 1.54) is 17.2 Å². The van der Waals surface area contributed by atoms with E-state index >= 15 is 0 Å². The van der Waals surface area contributed by atoms with Crippen molar-refractivity contribution >= 4 is 5.91 Å². The molecule has 0 bridgehead atoms. The van der Waals surface area contributed by atoms with Crippen LogP contribution in [0.5, 0.6) is 0 Å². The maximum Gasteiger partial charge on any atom is 0.295 e. The molecule has 86 valence electrons. The molecule has 1 aliphatic heterocycles. The third kappa shape index (κ3) is 2.55. The second-order valence-corrected chi connectivity index (χ2v) is 3.66. The molecule has 1 aromatic rings. The number of rotatable bonds is 1. The third-order valence-electron chi connectivity index (χ3n) is 2.43. The number of aromatic nitrogens is 1. The molecule has 1 aromatic heterocycles. The van der Waals surface area contributed by atoms with Crippen LogP contribution < -0.4 is 0 Å². The van der Waals surface area contributed by atoms with Crippen molar-refractivity contribution in [1.29, 1.82) is 0 Å². The minimum atomic E-state index is -0.451. The summed E-state index contributed by atoms with van der Waals surface area (Å²) in [6.07, 6.45) is 3.97. The Morgan fingerprint density at radius 1 is 1.38 bits per heavy atom. The average molecular weight is 224 g/mol. The van der Waals surface area contributed by atoms with E-state index in [0.29, 0.717) is 13.2 Å². The monoisotopic (exact) mass is 224 g/mol. The number of pyridine rings is 1. The van der Waals surface area contributed by atoms with E-state index in [2.05, 4.69) is 4.98 Å². The Hall–Kier alpha value is -1.49. The molecular formula is C11H13FN2O2. The van der Waals surface area contributed by atoms with E-state index < -0.39 is 5.82 Å². The van der Waals surface area contributed by atoms with Crippen molar-refractivity contribution in [1.82, 2.24) is 10.0 Å². The highest BCUT2D eigenvalue weighted by Gasteiger charge is 2.19. The summed E-state index contributed by atoms with van der Waals surface area (Å²) in [5.41, 5.74) is 0.211. The lowest BCUT2D eigenvalue weighted by molar-refractivity contribution is -0.116. The molecule has 0 saturated carbocycles. The molecule has 16 heavy (non-hydrogen) atoms. The Morgan fingerprint density at radius 2 is 2.25 bits per heavy atom. The van der Waals surface area contributed by atoms with E-state index in [1.54, 1.807) is 0 Å². The average Bonchev–Trinajstić information content (AvgIpc) is 2.57. The summed E-state index contributed by atoms with van der Waals surface area (Å²) in [5.74, 6) is -0.754. The lowest BCUT2D eigenvalue weighted by Gasteiger charge is -2.18. The summed E-state index contributed by atoms with van der Waals surface area (Å²) in [6, 6.07) is 2.59. The zero-order valence-corrected chi connectivity index (χ0v) is 8.86. The highest BCUT2D eigenvalue weighted by atomic mass is 19.1. The van der Waals surface area contributed by atoms with Gasteiger partial charge in [-0.15, -0.1) is 0 Å². The van der Waals surface area contributed by atoms with E-state index in [0.717, 1.165) is 25.5 Å². The first-order valence-corrected chi connectivity index (χ1v) is 5.34. The minimum Gasteiger partial charge on any atom is -0.271 e. The van der Waals surface area contributed by atoms with Crippen molar-refractivity contribution in [3.8, 4) is 0 Å². The van der Waals surface area contributed by atoms with Crippen LogP contribution in [0.4, 0.5) is 4.39 Å². The largest absolute Gasteiger partial charge is 0.295 e. The molecule has 0 radical (unpaired) electrons. The van der Waals surface area contributed by atoms with Crippen LogP contribution >= 0.6 is 0 Å². The molecular weight excluding hydrogens is 211 g/mol. The molecule has 0 unspecified atom stereocenters. The number of hydrogen-bond donors (Lipinski definition) is 0. The Morgan fingerprint density at radius 3 is 3.00 bits per heavy atom. The summed E-state index contributed by atoms with van der Waals surface area (Å²) in [5, 5.41) is 1.31. The van der Waals surface area contributed by atoms with Crippen LogP contribution in [0.3, 0.4) is 0 Å². The first kappa shape index (κ1) is 11.0. The first-order valence-electron chi connectivity index (χ1n) is 5.34. The van der Waals surface area contributed by atoms with Gasteiger partial charge in [0, 0.05) is 6.54 Å². The maximum absolute atomic E-state index is 12.6. The molecule has 1 amide bonds. The SMILES string of the molecule is O=C(c1ccc(F)cn1)N1CCCCCO1. The summed E-state index contributed by atoms with van der Waals surface area (Å²) < 4.78 is 12.6. The van der Waals surface area contributed by atoms with Gasteiger partial charge in [-0.25, -0.2) is 14.4 Å². The van der Waals surface area contributed by atoms with Gasteiger partial charge in [0.05, 0.1) is 12.8 Å². The van der Waals surface area contributed by atoms with Crippen LogP contribution in [-0.2, 0) is 4.84 Å². The Kier molecular flexibility index (Phi) is 3.46. The Balaban J connectivity index is 2.08. The number of carbonyl (C=O) groups excluding carboxylic acids is 1. The van der Waals surface area contributed by atoms with Crippen molar-refractivity contribution in [3.63, 3.8) is 0 Å². The van der Waals surface area contributed by atoms with Crippen LogP contribution in [0.25, 0.3) is 0 Å². The summed E-state index contributed by atoms with van der Waals surface area (Å²) in [4.78, 5) is 20.9. The Bertz CT molecular complexity index is 359. The molecule has 5 heteroatoms. The van der Waals surface area contributed by atoms with Gasteiger partial charge >= 0.3 is 0 Å². The fraction of sp³-hybridized carbons (Fsp3) is 0.455. The Labute approximate surface area is 93.0 Å². The zero-order valence-electron chi connectivity index (χ0n) is 8.86. The van der Waals surface area contributed by atoms with Crippen LogP contribution in [0, 0.1) is 5.82 Å². The van der Waals surface area contributed by atoms with Gasteiger partial charge in [0.25, 0.3) is 5.91 Å². The second kappa shape index (κ2) is 5.03. The molecule has 4 nitrogen and oxygen atoms in total. The molecule has 2 rings (SSSR count). The van der Waals surface area contributed by atoms with E-state index in [9.17, 15) is 9.18 Å². The highest BCUT2D eigenvalue weighted by molar-refractivity contribution is 5.91. The predicted octanol–water partition coefficient (Wildman–Crippen LogP) is 1.78. The smallest absolute Gasteiger partial charge is 0.271 e. The van der Waals surface area contributed by atoms with Gasteiger partial charge < -0.3 is 0 Å². The van der Waals surface area contributed by atoms with Gasteiger partial charge in [-0.1, -0.05) is 0 Å². The van der Waals surface area contributed by atoms with Crippen molar-refractivity contribution < 1.29 is 14.0 Å². The van der Waals surface area contributed by atoms with E-state index in [-0.39, 0.29) is 11.6 Å². The molecule has 0 spiro atoms. The lowest BCUT2D eigenvalue weighted by atomic mass is 10.2. The van der Waals surface area contributed by atoms with Crippen LogP contribution in [-0.4, -0.2) is 29.1 Å². The number of hydrogen-bond acceptors (Lipinski definition) is 3. The van der Waals surface area contributed by atoms with Gasteiger partial charge in [-0.05, 0) is 31.4 Å². The van der Waals surface area contributed by atoms with Crippen LogP contribution in [0.1, 0.15) is 29.8 Å². The van der Waals surface area contributed by atoms with E-state index in [1.807, 2.05) is 0 Å². The normalized spacial score (nSPS) is 16.9. The summed E-state index contributed by atoms with van der Waals surface area (Å²) in [6.45, 7) is 1.12. The van der Waals surface area contributed by atoms with Gasteiger partial charge in [0.2, 0.25) is 0 Å². The predicted molar refractivity (Wildman–Crippen MR) is 55.0 cm³/mol. The van der Waals surface area contributed by atoms with Crippen LogP contribution in [0.15, 0.2) is 18.3 Å². The molecule has 0 atom stereocenters. The van der Waals surface area contributed by atoms with E-state index in [4.69, 9.17) is 4.84 Å². The number of nitrogens with zero attached hydrogens (tertiary/aromatic N) is 2. The zero-order chi connectivity index (χ0) is 11.4. The second-order valence-electron chi connectivity index (χ2n) is 3.66. The molecule has 1 saturated heterocycles. The van der Waals surface area contributed by atoms with Gasteiger partial charge in [-0.2, -0.15) is 0 Å². The van der Waals surface area contributed by atoms with Gasteiger partial charge in [0.1, 0.15) is 11.5 Å². The lowest BCUT2D eigenvalue weighted by Crippen LogP contribution is -2.31. The van der Waals surface area contributed by atoms with Crippen molar-refractivity contribution in [3.05, 3.63) is 29.8 Å². The summed E-state index contributed by atoms with van der Waals surface area (Å²) >= 11 is 0. The molecule has 0 N–H and O–H groups in total.